The Hall–Kier alpha value is -3.15. The van der Waals surface area contributed by atoms with Crippen LogP contribution in [0, 0.1) is 6.92 Å². The van der Waals surface area contributed by atoms with Gasteiger partial charge in [0.2, 0.25) is 11.8 Å². The Bertz CT molecular complexity index is 739. The molecule has 0 aliphatic rings. The van der Waals surface area contributed by atoms with E-state index in [0.29, 0.717) is 16.8 Å². The summed E-state index contributed by atoms with van der Waals surface area (Å²) >= 11 is 0. The van der Waals surface area contributed by atoms with Gasteiger partial charge in [0.15, 0.2) is 0 Å². The number of primary amides is 1. The molecule has 0 aliphatic heterocycles. The summed E-state index contributed by atoms with van der Waals surface area (Å²) in [6.07, 6.45) is 0. The number of amides is 3. The van der Waals surface area contributed by atoms with Gasteiger partial charge in [0.05, 0.1) is 6.54 Å². The van der Waals surface area contributed by atoms with E-state index in [1.54, 1.807) is 30.3 Å². The van der Waals surface area contributed by atoms with Crippen molar-refractivity contribution in [1.29, 1.82) is 0 Å². The first-order valence-electron chi connectivity index (χ1n) is 7.00. The number of benzene rings is 2. The Morgan fingerprint density at radius 3 is 2.30 bits per heavy atom. The first-order chi connectivity index (χ1) is 11.0. The summed E-state index contributed by atoms with van der Waals surface area (Å²) in [6.45, 7) is 1.74. The highest BCUT2D eigenvalue weighted by Gasteiger charge is 2.08. The van der Waals surface area contributed by atoms with Gasteiger partial charge in [0.1, 0.15) is 0 Å². The summed E-state index contributed by atoms with van der Waals surface area (Å²) in [7, 11) is 0. The Kier molecular flexibility index (Phi) is 5.09. The van der Waals surface area contributed by atoms with Gasteiger partial charge in [-0.2, -0.15) is 0 Å². The Balaban J connectivity index is 1.87. The lowest BCUT2D eigenvalue weighted by Crippen LogP contribution is -2.32. The maximum atomic E-state index is 11.9. The smallest absolute Gasteiger partial charge is 0.251 e. The van der Waals surface area contributed by atoms with Crippen LogP contribution in [-0.4, -0.2) is 24.3 Å². The number of rotatable bonds is 5. The highest BCUT2D eigenvalue weighted by atomic mass is 16.2. The lowest BCUT2D eigenvalue weighted by atomic mass is 10.1. The standard InChI is InChI=1S/C17H17N3O3/c1-11-3-2-4-13(9-11)17(23)19-10-15(21)20-14-7-5-12(6-8-14)16(18)22/h2-9H,10H2,1H3,(H2,18,22)(H,19,23)(H,20,21). The van der Waals surface area contributed by atoms with E-state index in [-0.39, 0.29) is 18.4 Å². The summed E-state index contributed by atoms with van der Waals surface area (Å²) in [5, 5.41) is 5.17. The third-order valence-corrected chi connectivity index (χ3v) is 3.14. The molecule has 0 heterocycles. The Labute approximate surface area is 133 Å². The van der Waals surface area contributed by atoms with Crippen molar-refractivity contribution in [2.24, 2.45) is 5.73 Å². The van der Waals surface area contributed by atoms with Crippen molar-refractivity contribution in [2.45, 2.75) is 6.92 Å². The topological polar surface area (TPSA) is 101 Å². The molecule has 2 aromatic rings. The lowest BCUT2D eigenvalue weighted by molar-refractivity contribution is -0.115. The summed E-state index contributed by atoms with van der Waals surface area (Å²) in [5.41, 5.74) is 7.49. The number of aryl methyl sites for hydroxylation is 1. The second-order valence-corrected chi connectivity index (χ2v) is 5.04. The zero-order valence-electron chi connectivity index (χ0n) is 12.6. The summed E-state index contributed by atoms with van der Waals surface area (Å²) < 4.78 is 0. The lowest BCUT2D eigenvalue weighted by Gasteiger charge is -2.08. The maximum Gasteiger partial charge on any atom is 0.251 e. The predicted octanol–water partition coefficient (Wildman–Crippen LogP) is 1.46. The van der Waals surface area contributed by atoms with E-state index in [4.69, 9.17) is 5.73 Å². The van der Waals surface area contributed by atoms with Crippen molar-refractivity contribution >= 4 is 23.4 Å². The van der Waals surface area contributed by atoms with Crippen LogP contribution in [0.2, 0.25) is 0 Å². The van der Waals surface area contributed by atoms with Crippen LogP contribution in [0.15, 0.2) is 48.5 Å². The zero-order chi connectivity index (χ0) is 16.8. The number of carbonyl (C=O) groups excluding carboxylic acids is 3. The first-order valence-corrected chi connectivity index (χ1v) is 7.00. The van der Waals surface area contributed by atoms with Gasteiger partial charge in [-0.25, -0.2) is 0 Å². The molecular formula is C17H17N3O3. The van der Waals surface area contributed by atoms with Crippen LogP contribution in [0.25, 0.3) is 0 Å². The second-order valence-electron chi connectivity index (χ2n) is 5.04. The molecule has 0 unspecified atom stereocenters. The summed E-state index contributed by atoms with van der Waals surface area (Å²) in [5.74, 6) is -1.21. The van der Waals surface area contributed by atoms with E-state index in [0.717, 1.165) is 5.56 Å². The van der Waals surface area contributed by atoms with Gasteiger partial charge in [0.25, 0.3) is 5.91 Å². The zero-order valence-corrected chi connectivity index (χ0v) is 12.6. The highest BCUT2D eigenvalue weighted by Crippen LogP contribution is 2.09. The molecule has 6 nitrogen and oxygen atoms in total. The van der Waals surface area contributed by atoms with Gasteiger partial charge in [-0.05, 0) is 43.3 Å². The van der Waals surface area contributed by atoms with Crippen molar-refractivity contribution in [3.05, 3.63) is 65.2 Å². The molecular weight excluding hydrogens is 294 g/mol. The molecule has 0 saturated carbocycles. The van der Waals surface area contributed by atoms with Crippen LogP contribution < -0.4 is 16.4 Å². The number of carbonyl (C=O) groups is 3. The Morgan fingerprint density at radius 2 is 1.70 bits per heavy atom. The number of nitrogens with one attached hydrogen (secondary N) is 2. The van der Waals surface area contributed by atoms with E-state index in [1.165, 1.54) is 12.1 Å². The largest absolute Gasteiger partial charge is 0.366 e. The number of anilines is 1. The fourth-order valence-electron chi connectivity index (χ4n) is 1.97. The number of hydrogen-bond donors (Lipinski definition) is 3. The fraction of sp³-hybridized carbons (Fsp3) is 0.118. The van der Waals surface area contributed by atoms with Crippen LogP contribution in [0.3, 0.4) is 0 Å². The van der Waals surface area contributed by atoms with Crippen LogP contribution >= 0.6 is 0 Å². The highest BCUT2D eigenvalue weighted by molar-refractivity contribution is 5.99. The maximum absolute atomic E-state index is 11.9. The van der Waals surface area contributed by atoms with Gasteiger partial charge >= 0.3 is 0 Å². The van der Waals surface area contributed by atoms with Crippen molar-refractivity contribution in [3.63, 3.8) is 0 Å². The van der Waals surface area contributed by atoms with Gasteiger partial charge in [-0.3, -0.25) is 14.4 Å². The molecule has 3 amide bonds. The molecule has 23 heavy (non-hydrogen) atoms. The molecule has 2 rings (SSSR count). The minimum atomic E-state index is -0.534. The predicted molar refractivity (Wildman–Crippen MR) is 87.1 cm³/mol. The second kappa shape index (κ2) is 7.22. The van der Waals surface area contributed by atoms with Crippen LogP contribution in [-0.2, 0) is 4.79 Å². The third kappa shape index (κ3) is 4.67. The number of hydrogen-bond acceptors (Lipinski definition) is 3. The monoisotopic (exact) mass is 311 g/mol. The SMILES string of the molecule is Cc1cccc(C(=O)NCC(=O)Nc2ccc(C(N)=O)cc2)c1. The molecule has 118 valence electrons. The van der Waals surface area contributed by atoms with Crippen molar-refractivity contribution in [3.8, 4) is 0 Å². The molecule has 0 saturated heterocycles. The molecule has 0 atom stereocenters. The summed E-state index contributed by atoms with van der Waals surface area (Å²) in [6, 6.07) is 13.3. The summed E-state index contributed by atoms with van der Waals surface area (Å²) in [4.78, 5) is 34.7. The Morgan fingerprint density at radius 1 is 1.00 bits per heavy atom. The van der Waals surface area contributed by atoms with Gasteiger partial charge in [0, 0.05) is 16.8 Å². The van der Waals surface area contributed by atoms with Gasteiger partial charge in [-0.15, -0.1) is 0 Å². The van der Waals surface area contributed by atoms with E-state index >= 15 is 0 Å². The van der Waals surface area contributed by atoms with Crippen LogP contribution in [0.5, 0.6) is 0 Å². The molecule has 0 aromatic heterocycles. The average molecular weight is 311 g/mol. The van der Waals surface area contributed by atoms with E-state index in [2.05, 4.69) is 10.6 Å². The molecule has 4 N–H and O–H groups in total. The molecule has 0 radical (unpaired) electrons. The molecule has 2 aromatic carbocycles. The van der Waals surface area contributed by atoms with Crippen LogP contribution in [0.4, 0.5) is 5.69 Å². The minimum absolute atomic E-state index is 0.148. The first kappa shape index (κ1) is 16.2. The average Bonchev–Trinajstić information content (AvgIpc) is 2.53. The van der Waals surface area contributed by atoms with E-state index in [9.17, 15) is 14.4 Å². The van der Waals surface area contributed by atoms with Gasteiger partial charge < -0.3 is 16.4 Å². The van der Waals surface area contributed by atoms with Crippen molar-refractivity contribution in [2.75, 3.05) is 11.9 Å². The number of nitrogens with two attached hydrogens (primary N) is 1. The third-order valence-electron chi connectivity index (χ3n) is 3.14. The molecule has 6 heteroatoms. The minimum Gasteiger partial charge on any atom is -0.366 e. The van der Waals surface area contributed by atoms with Gasteiger partial charge in [-0.1, -0.05) is 17.7 Å². The van der Waals surface area contributed by atoms with Crippen LogP contribution in [0.1, 0.15) is 26.3 Å². The van der Waals surface area contributed by atoms with E-state index in [1.807, 2.05) is 13.0 Å². The molecule has 0 spiro atoms. The normalized spacial score (nSPS) is 9.96. The quantitative estimate of drug-likeness (QED) is 0.779. The molecule has 0 aliphatic carbocycles. The van der Waals surface area contributed by atoms with E-state index < -0.39 is 5.91 Å². The fourth-order valence-corrected chi connectivity index (χ4v) is 1.97. The van der Waals surface area contributed by atoms with Crippen molar-refractivity contribution in [1.82, 2.24) is 5.32 Å². The molecule has 0 bridgehead atoms. The van der Waals surface area contributed by atoms with Crippen molar-refractivity contribution < 1.29 is 14.4 Å². The molecule has 0 fully saturated rings.